The molecule has 0 spiro atoms. The van der Waals surface area contributed by atoms with Crippen LogP contribution in [0.2, 0.25) is 0 Å². The first-order valence-corrected chi connectivity index (χ1v) is 7.78. The van der Waals surface area contributed by atoms with E-state index in [1.54, 1.807) is 23.8 Å². The van der Waals surface area contributed by atoms with Gasteiger partial charge in [-0.15, -0.1) is 11.3 Å². The third-order valence-corrected chi connectivity index (χ3v) is 5.14. The van der Waals surface area contributed by atoms with Crippen molar-refractivity contribution in [3.05, 3.63) is 27.1 Å². The summed E-state index contributed by atoms with van der Waals surface area (Å²) in [7, 11) is 1.64. The zero-order valence-corrected chi connectivity index (χ0v) is 13.2. The lowest BCUT2D eigenvalue weighted by Crippen LogP contribution is -2.48. The Morgan fingerprint density at radius 3 is 2.64 bits per heavy atom. The highest BCUT2D eigenvalue weighted by atomic mass is 32.1. The fraction of sp³-hybridized carbons (Fsp3) is 0.429. The van der Waals surface area contributed by atoms with E-state index < -0.39 is 0 Å². The van der Waals surface area contributed by atoms with Crippen LogP contribution < -0.4 is 5.56 Å². The van der Waals surface area contributed by atoms with Crippen molar-refractivity contribution in [2.75, 3.05) is 26.2 Å². The predicted molar refractivity (Wildman–Crippen MR) is 83.1 cm³/mol. The number of hydrogen-bond donors (Lipinski definition) is 0. The van der Waals surface area contributed by atoms with E-state index in [0.717, 1.165) is 6.41 Å². The molecule has 0 radical (unpaired) electrons. The molecule has 0 saturated carbocycles. The SMILES string of the molecule is Cc1c(C(=O)N2CCN(C=O)CC2)sc2ncn(C)c(=O)c12. The number of carbonyl (C=O) groups excluding carboxylic acids is 2. The van der Waals surface area contributed by atoms with E-state index in [0.29, 0.717) is 46.8 Å². The fourth-order valence-electron chi connectivity index (χ4n) is 2.59. The lowest BCUT2D eigenvalue weighted by molar-refractivity contribution is -0.119. The first kappa shape index (κ1) is 14.7. The number of rotatable bonds is 2. The molecule has 2 aromatic rings. The van der Waals surface area contributed by atoms with Gasteiger partial charge in [-0.3, -0.25) is 14.4 Å². The first-order valence-electron chi connectivity index (χ1n) is 6.96. The summed E-state index contributed by atoms with van der Waals surface area (Å²) in [6.07, 6.45) is 2.28. The molecule has 0 unspecified atom stereocenters. The number of aromatic nitrogens is 2. The van der Waals surface area contributed by atoms with E-state index in [4.69, 9.17) is 0 Å². The number of piperazine rings is 1. The maximum atomic E-state index is 12.7. The quantitative estimate of drug-likeness (QED) is 0.742. The summed E-state index contributed by atoms with van der Waals surface area (Å²) >= 11 is 1.26. The number of aryl methyl sites for hydroxylation is 2. The second-order valence-corrected chi connectivity index (χ2v) is 6.33. The minimum absolute atomic E-state index is 0.0897. The normalized spacial score (nSPS) is 15.4. The molecule has 1 saturated heterocycles. The third kappa shape index (κ3) is 2.29. The van der Waals surface area contributed by atoms with Crippen molar-refractivity contribution in [2.45, 2.75) is 6.92 Å². The molecule has 1 aliphatic heterocycles. The summed E-state index contributed by atoms with van der Waals surface area (Å²) in [5.41, 5.74) is 0.556. The molecule has 1 aliphatic rings. The van der Waals surface area contributed by atoms with Crippen molar-refractivity contribution in [1.82, 2.24) is 19.4 Å². The smallest absolute Gasteiger partial charge is 0.264 e. The van der Waals surface area contributed by atoms with Crippen molar-refractivity contribution < 1.29 is 9.59 Å². The highest BCUT2D eigenvalue weighted by Gasteiger charge is 2.26. The molecule has 0 atom stereocenters. The van der Waals surface area contributed by atoms with Crippen LogP contribution in [0.15, 0.2) is 11.1 Å². The number of nitrogens with zero attached hydrogens (tertiary/aromatic N) is 4. The van der Waals surface area contributed by atoms with Crippen molar-refractivity contribution >= 4 is 33.9 Å². The number of hydrogen-bond acceptors (Lipinski definition) is 5. The molecule has 8 heteroatoms. The van der Waals surface area contributed by atoms with Crippen LogP contribution in [0.3, 0.4) is 0 Å². The molecule has 7 nitrogen and oxygen atoms in total. The van der Waals surface area contributed by atoms with Gasteiger partial charge >= 0.3 is 0 Å². The molecule has 0 bridgehead atoms. The van der Waals surface area contributed by atoms with Crippen LogP contribution in [-0.4, -0.2) is 57.8 Å². The average Bonchev–Trinajstić information content (AvgIpc) is 2.88. The lowest BCUT2D eigenvalue weighted by atomic mass is 10.2. The van der Waals surface area contributed by atoms with Gasteiger partial charge in [0.15, 0.2) is 0 Å². The number of carbonyl (C=O) groups is 2. The van der Waals surface area contributed by atoms with Gasteiger partial charge in [0.25, 0.3) is 11.5 Å². The Hall–Kier alpha value is -2.22. The van der Waals surface area contributed by atoms with Crippen molar-refractivity contribution in [1.29, 1.82) is 0 Å². The summed E-state index contributed by atoms with van der Waals surface area (Å²) in [5, 5.41) is 0.518. The van der Waals surface area contributed by atoms with Crippen molar-refractivity contribution in [3.63, 3.8) is 0 Å². The van der Waals surface area contributed by atoms with E-state index in [-0.39, 0.29) is 11.5 Å². The Labute approximate surface area is 130 Å². The molecule has 22 heavy (non-hydrogen) atoms. The number of amides is 2. The van der Waals surface area contributed by atoms with Crippen LogP contribution in [0, 0.1) is 6.92 Å². The standard InChI is InChI=1S/C14H16N4O3S/c1-9-10-12(15-7-16(2)13(10)20)22-11(9)14(21)18-5-3-17(8-19)4-6-18/h7-8H,3-6H2,1-2H3. The maximum Gasteiger partial charge on any atom is 0.264 e. The lowest BCUT2D eigenvalue weighted by Gasteiger charge is -2.32. The van der Waals surface area contributed by atoms with Gasteiger partial charge in [-0.05, 0) is 12.5 Å². The van der Waals surface area contributed by atoms with E-state index in [1.807, 2.05) is 0 Å². The van der Waals surface area contributed by atoms with Crippen molar-refractivity contribution in [3.8, 4) is 0 Å². The van der Waals surface area contributed by atoms with Gasteiger partial charge < -0.3 is 14.4 Å². The van der Waals surface area contributed by atoms with Crippen LogP contribution in [-0.2, 0) is 11.8 Å². The van der Waals surface area contributed by atoms with Gasteiger partial charge in [-0.2, -0.15) is 0 Å². The summed E-state index contributed by atoms with van der Waals surface area (Å²) in [5.74, 6) is -0.0897. The number of thiophene rings is 1. The average molecular weight is 320 g/mol. The fourth-order valence-corrected chi connectivity index (χ4v) is 3.69. The third-order valence-electron chi connectivity index (χ3n) is 3.96. The topological polar surface area (TPSA) is 75.5 Å². The second kappa shape index (κ2) is 5.53. The van der Waals surface area contributed by atoms with Crippen LogP contribution in [0.4, 0.5) is 0 Å². The Morgan fingerprint density at radius 2 is 2.00 bits per heavy atom. The molecule has 0 aliphatic carbocycles. The molecule has 2 aromatic heterocycles. The predicted octanol–water partition coefficient (Wildman–Crippen LogP) is 0.218. The maximum absolute atomic E-state index is 12.7. The highest BCUT2D eigenvalue weighted by Crippen LogP contribution is 2.28. The van der Waals surface area contributed by atoms with Crippen molar-refractivity contribution in [2.24, 2.45) is 7.05 Å². The van der Waals surface area contributed by atoms with E-state index in [2.05, 4.69) is 4.98 Å². The van der Waals surface area contributed by atoms with Gasteiger partial charge in [0, 0.05) is 33.2 Å². The van der Waals surface area contributed by atoms with Crippen LogP contribution in [0.25, 0.3) is 10.2 Å². The molecule has 3 heterocycles. The van der Waals surface area contributed by atoms with Gasteiger partial charge in [-0.1, -0.05) is 0 Å². The summed E-state index contributed by atoms with van der Waals surface area (Å²) in [4.78, 5) is 44.4. The van der Waals surface area contributed by atoms with E-state index >= 15 is 0 Å². The van der Waals surface area contributed by atoms with Gasteiger partial charge in [0.05, 0.1) is 16.6 Å². The molecular weight excluding hydrogens is 304 g/mol. The molecule has 0 N–H and O–H groups in total. The summed E-state index contributed by atoms with van der Waals surface area (Å²) < 4.78 is 1.42. The Morgan fingerprint density at radius 1 is 1.32 bits per heavy atom. The van der Waals surface area contributed by atoms with Crippen LogP contribution in [0.5, 0.6) is 0 Å². The van der Waals surface area contributed by atoms with Crippen LogP contribution in [0.1, 0.15) is 15.2 Å². The summed E-state index contributed by atoms with van der Waals surface area (Å²) in [6, 6.07) is 0. The molecule has 3 rings (SSSR count). The number of fused-ring (bicyclic) bond motifs is 1. The zero-order chi connectivity index (χ0) is 15.9. The second-order valence-electron chi connectivity index (χ2n) is 5.33. The monoisotopic (exact) mass is 320 g/mol. The molecule has 2 amide bonds. The molecular formula is C14H16N4O3S. The molecule has 0 aromatic carbocycles. The van der Waals surface area contributed by atoms with Gasteiger partial charge in [0.2, 0.25) is 6.41 Å². The largest absolute Gasteiger partial charge is 0.342 e. The van der Waals surface area contributed by atoms with Crippen LogP contribution >= 0.6 is 11.3 Å². The Kier molecular flexibility index (Phi) is 3.69. The Bertz CT molecular complexity index is 802. The summed E-state index contributed by atoms with van der Waals surface area (Å²) in [6.45, 7) is 3.89. The first-order chi connectivity index (χ1) is 10.5. The minimum Gasteiger partial charge on any atom is -0.342 e. The van der Waals surface area contributed by atoms with Gasteiger partial charge in [-0.25, -0.2) is 4.98 Å². The van der Waals surface area contributed by atoms with E-state index in [1.165, 1.54) is 22.2 Å². The zero-order valence-electron chi connectivity index (χ0n) is 12.4. The van der Waals surface area contributed by atoms with E-state index in [9.17, 15) is 14.4 Å². The van der Waals surface area contributed by atoms with Gasteiger partial charge in [0.1, 0.15) is 4.83 Å². The minimum atomic E-state index is -0.136. The Balaban J connectivity index is 1.95. The highest BCUT2D eigenvalue weighted by molar-refractivity contribution is 7.20. The molecule has 1 fully saturated rings. The molecule has 116 valence electrons.